The number of benzene rings is 3. The van der Waals surface area contributed by atoms with Crippen LogP contribution in [-0.2, 0) is 16.1 Å². The van der Waals surface area contributed by atoms with Crippen LogP contribution in [0.2, 0.25) is 5.02 Å². The molecule has 1 heterocycles. The van der Waals surface area contributed by atoms with Gasteiger partial charge in [0.25, 0.3) is 5.91 Å². The minimum Gasteiger partial charge on any atom is -0.506 e. The van der Waals surface area contributed by atoms with E-state index in [9.17, 15) is 19.1 Å². The van der Waals surface area contributed by atoms with Crippen molar-refractivity contribution in [2.24, 2.45) is 4.99 Å². The van der Waals surface area contributed by atoms with E-state index >= 15 is 0 Å². The third-order valence-corrected chi connectivity index (χ3v) is 6.75. The molecule has 0 aliphatic carbocycles. The van der Waals surface area contributed by atoms with Crippen LogP contribution in [0.5, 0.6) is 5.75 Å². The molecule has 1 N–H and O–H groups in total. The molecule has 0 aromatic heterocycles. The number of hydrogen-bond acceptors (Lipinski definition) is 6. The fraction of sp³-hybridized carbons (Fsp3) is 0.138. The van der Waals surface area contributed by atoms with Crippen molar-refractivity contribution in [3.8, 4) is 5.75 Å². The second kappa shape index (κ2) is 12.1. The number of aliphatic hydroxyl groups is 1. The molecule has 38 heavy (non-hydrogen) atoms. The number of aliphatic hydroxyl groups excluding tert-OH is 1. The second-order valence-corrected chi connectivity index (χ2v) is 9.69. The Hall–Kier alpha value is -3.88. The standard InChI is InChI=1S/C29H23ClFNO5S/c1-3-36-29(35)25-26(33)24(38-28(25)32-27(34)20-9-4-17(2)5-10-20)15-19-8-13-23(22(30)14-19)37-16-18-6-11-21(31)12-7-18/h4-15,33H,3,16H2,1-2H3/b24-15-,32-28?. The van der Waals surface area contributed by atoms with Crippen molar-refractivity contribution in [2.75, 3.05) is 6.61 Å². The molecule has 1 amide bonds. The van der Waals surface area contributed by atoms with E-state index in [-0.39, 0.29) is 35.4 Å². The average Bonchev–Trinajstić information content (AvgIpc) is 3.19. The number of aryl methyl sites for hydroxylation is 1. The first kappa shape index (κ1) is 27.2. The lowest BCUT2D eigenvalue weighted by molar-refractivity contribution is -0.138. The van der Waals surface area contributed by atoms with Crippen molar-refractivity contribution in [2.45, 2.75) is 20.5 Å². The number of nitrogens with zero attached hydrogens (tertiary/aromatic N) is 1. The van der Waals surface area contributed by atoms with Crippen LogP contribution in [-0.4, -0.2) is 28.6 Å². The molecule has 0 saturated heterocycles. The van der Waals surface area contributed by atoms with Gasteiger partial charge in [-0.2, -0.15) is 0 Å². The maximum absolute atomic E-state index is 13.1. The molecule has 194 valence electrons. The molecule has 0 unspecified atom stereocenters. The summed E-state index contributed by atoms with van der Waals surface area (Å²) in [6, 6.07) is 17.9. The van der Waals surface area contributed by atoms with Crippen LogP contribution < -0.4 is 4.74 Å². The van der Waals surface area contributed by atoms with Gasteiger partial charge in [0.05, 0.1) is 16.5 Å². The molecule has 0 fully saturated rings. The zero-order valence-corrected chi connectivity index (χ0v) is 22.1. The third-order valence-electron chi connectivity index (χ3n) is 5.43. The van der Waals surface area contributed by atoms with Gasteiger partial charge in [-0.1, -0.05) is 59.3 Å². The van der Waals surface area contributed by atoms with Gasteiger partial charge in [0.15, 0.2) is 0 Å². The number of halogens is 2. The number of aliphatic imine (C=N–C) groups is 1. The topological polar surface area (TPSA) is 85.2 Å². The van der Waals surface area contributed by atoms with Gasteiger partial charge in [0.2, 0.25) is 0 Å². The highest BCUT2D eigenvalue weighted by Crippen LogP contribution is 2.40. The average molecular weight is 552 g/mol. The van der Waals surface area contributed by atoms with Crippen LogP contribution in [0.4, 0.5) is 4.39 Å². The van der Waals surface area contributed by atoms with E-state index in [0.29, 0.717) is 26.8 Å². The van der Waals surface area contributed by atoms with Crippen LogP contribution in [0.1, 0.15) is 34.0 Å². The molecule has 1 aliphatic rings. The van der Waals surface area contributed by atoms with E-state index in [2.05, 4.69) is 4.99 Å². The molecule has 4 rings (SSSR count). The quantitative estimate of drug-likeness (QED) is 0.316. The minimum atomic E-state index is -0.779. The van der Waals surface area contributed by atoms with E-state index in [1.165, 1.54) is 12.1 Å². The highest BCUT2D eigenvalue weighted by Gasteiger charge is 2.34. The Kier molecular flexibility index (Phi) is 8.66. The first-order chi connectivity index (χ1) is 18.2. The largest absolute Gasteiger partial charge is 0.506 e. The van der Waals surface area contributed by atoms with Gasteiger partial charge in [0, 0.05) is 5.56 Å². The highest BCUT2D eigenvalue weighted by molar-refractivity contribution is 8.18. The maximum Gasteiger partial charge on any atom is 0.344 e. The molecule has 0 saturated carbocycles. The van der Waals surface area contributed by atoms with Crippen molar-refractivity contribution in [3.63, 3.8) is 0 Å². The summed E-state index contributed by atoms with van der Waals surface area (Å²) in [5.41, 5.74) is 2.57. The van der Waals surface area contributed by atoms with Crippen molar-refractivity contribution in [3.05, 3.63) is 116 Å². The number of esters is 1. The Labute approximate surface area is 228 Å². The van der Waals surface area contributed by atoms with E-state index in [1.807, 2.05) is 6.92 Å². The molecule has 3 aromatic carbocycles. The summed E-state index contributed by atoms with van der Waals surface area (Å²) in [5.74, 6) is -1.56. The third kappa shape index (κ3) is 6.51. The summed E-state index contributed by atoms with van der Waals surface area (Å²) in [6.07, 6.45) is 1.62. The van der Waals surface area contributed by atoms with Crippen molar-refractivity contribution >= 4 is 46.4 Å². The lowest BCUT2D eigenvalue weighted by Crippen LogP contribution is -2.14. The number of hydrogen-bond donors (Lipinski definition) is 1. The molecule has 0 radical (unpaired) electrons. The monoisotopic (exact) mass is 551 g/mol. The van der Waals surface area contributed by atoms with E-state index < -0.39 is 11.9 Å². The van der Waals surface area contributed by atoms with Crippen LogP contribution in [0.25, 0.3) is 6.08 Å². The van der Waals surface area contributed by atoms with E-state index in [4.69, 9.17) is 21.1 Å². The summed E-state index contributed by atoms with van der Waals surface area (Å²) < 4.78 is 23.9. The van der Waals surface area contributed by atoms with Crippen LogP contribution >= 0.6 is 23.4 Å². The number of carbonyl (C=O) groups excluding carboxylic acids is 2. The molecule has 6 nitrogen and oxygen atoms in total. The van der Waals surface area contributed by atoms with Crippen LogP contribution in [0, 0.1) is 12.7 Å². The molecular weight excluding hydrogens is 529 g/mol. The zero-order valence-electron chi connectivity index (χ0n) is 20.5. The number of amides is 1. The Morgan fingerprint density at radius 2 is 1.79 bits per heavy atom. The highest BCUT2D eigenvalue weighted by atomic mass is 35.5. The SMILES string of the molecule is CCOC(=O)C1=C(O)/C(=C/c2ccc(OCc3ccc(F)cc3)c(Cl)c2)SC1=NC(=O)c1ccc(C)cc1. The summed E-state index contributed by atoms with van der Waals surface area (Å²) >= 11 is 7.38. The van der Waals surface area contributed by atoms with Gasteiger partial charge in [-0.3, -0.25) is 4.79 Å². The van der Waals surface area contributed by atoms with Crippen molar-refractivity contribution in [1.29, 1.82) is 0 Å². The summed E-state index contributed by atoms with van der Waals surface area (Å²) in [7, 11) is 0. The molecule has 9 heteroatoms. The fourth-order valence-corrected chi connectivity index (χ4v) is 4.72. The van der Waals surface area contributed by atoms with Gasteiger partial charge in [-0.15, -0.1) is 0 Å². The fourth-order valence-electron chi connectivity index (χ4n) is 3.46. The molecule has 0 bridgehead atoms. The molecule has 0 spiro atoms. The van der Waals surface area contributed by atoms with E-state index in [0.717, 1.165) is 22.9 Å². The number of ether oxygens (including phenoxy) is 2. The van der Waals surface area contributed by atoms with Gasteiger partial charge < -0.3 is 14.6 Å². The molecule has 3 aromatic rings. The number of carbonyl (C=O) groups is 2. The number of rotatable bonds is 7. The Morgan fingerprint density at radius 3 is 2.45 bits per heavy atom. The van der Waals surface area contributed by atoms with Crippen molar-refractivity contribution in [1.82, 2.24) is 0 Å². The number of thioether (sulfide) groups is 1. The Balaban J connectivity index is 1.58. The van der Waals surface area contributed by atoms with Gasteiger partial charge >= 0.3 is 5.97 Å². The maximum atomic E-state index is 13.1. The van der Waals surface area contributed by atoms with Gasteiger partial charge in [0.1, 0.15) is 34.5 Å². The minimum absolute atomic E-state index is 0.0446. The molecular formula is C29H23ClFNO5S. The lowest BCUT2D eigenvalue weighted by atomic mass is 10.1. The van der Waals surface area contributed by atoms with Gasteiger partial charge in [-0.05, 0) is 67.4 Å². The summed E-state index contributed by atoms with van der Waals surface area (Å²) in [5, 5.41) is 11.2. The lowest BCUT2D eigenvalue weighted by Gasteiger charge is -2.09. The Bertz CT molecular complexity index is 1460. The van der Waals surface area contributed by atoms with Gasteiger partial charge in [-0.25, -0.2) is 14.2 Å². The van der Waals surface area contributed by atoms with Crippen LogP contribution in [0.3, 0.4) is 0 Å². The normalized spacial score (nSPS) is 15.3. The predicted octanol–water partition coefficient (Wildman–Crippen LogP) is 7.07. The van der Waals surface area contributed by atoms with Crippen LogP contribution in [0.15, 0.2) is 88.0 Å². The molecule has 1 aliphatic heterocycles. The summed E-state index contributed by atoms with van der Waals surface area (Å²) in [6.45, 7) is 3.84. The smallest absolute Gasteiger partial charge is 0.344 e. The van der Waals surface area contributed by atoms with E-state index in [1.54, 1.807) is 67.6 Å². The first-order valence-electron chi connectivity index (χ1n) is 11.6. The second-order valence-electron chi connectivity index (χ2n) is 8.25. The summed E-state index contributed by atoms with van der Waals surface area (Å²) in [4.78, 5) is 29.8. The zero-order chi connectivity index (χ0) is 27.2. The Morgan fingerprint density at radius 1 is 1.08 bits per heavy atom. The first-order valence-corrected chi connectivity index (χ1v) is 12.8. The predicted molar refractivity (Wildman–Crippen MR) is 147 cm³/mol. The molecule has 0 atom stereocenters. The van der Waals surface area contributed by atoms with Crippen molar-refractivity contribution < 1.29 is 28.6 Å².